The highest BCUT2D eigenvalue weighted by Gasteiger charge is 2.11. The molecule has 0 aliphatic heterocycles. The van der Waals surface area contributed by atoms with Crippen molar-refractivity contribution in [3.63, 3.8) is 0 Å². The van der Waals surface area contributed by atoms with Crippen molar-refractivity contribution in [3.05, 3.63) is 47.0 Å². The van der Waals surface area contributed by atoms with Crippen LogP contribution in [0.1, 0.15) is 17.4 Å². The van der Waals surface area contributed by atoms with Crippen LogP contribution in [0, 0.1) is 0 Å². The molecule has 0 unspecified atom stereocenters. The highest BCUT2D eigenvalue weighted by Crippen LogP contribution is 2.20. The minimum Gasteiger partial charge on any atom is -0.344 e. The molecule has 0 spiro atoms. The molecule has 2 aromatic rings. The number of aromatic nitrogens is 2. The molecule has 17 heavy (non-hydrogen) atoms. The van der Waals surface area contributed by atoms with Crippen LogP contribution in [0.25, 0.3) is 0 Å². The fraction of sp³-hybridized carbons (Fsp3) is 0.167. The van der Waals surface area contributed by atoms with Crippen molar-refractivity contribution >= 4 is 27.5 Å². The number of carbonyl (C=O) groups excluding carboxylic acids is 1. The zero-order valence-corrected chi connectivity index (χ0v) is 10.9. The number of anilines is 1. The number of halogens is 1. The van der Waals surface area contributed by atoms with Crippen LogP contribution in [0.4, 0.5) is 5.69 Å². The molecule has 2 heterocycles. The van der Waals surface area contributed by atoms with Crippen LogP contribution in [0.5, 0.6) is 0 Å². The van der Waals surface area contributed by atoms with E-state index in [1.807, 2.05) is 23.8 Å². The third-order valence-electron chi connectivity index (χ3n) is 2.42. The lowest BCUT2D eigenvalue weighted by atomic mass is 10.3. The molecule has 0 saturated heterocycles. The number of rotatable bonds is 3. The third kappa shape index (κ3) is 2.55. The lowest BCUT2D eigenvalue weighted by molar-refractivity contribution is 0.101. The van der Waals surface area contributed by atoms with E-state index in [0.717, 1.165) is 11.0 Å². The van der Waals surface area contributed by atoms with E-state index in [4.69, 9.17) is 0 Å². The first kappa shape index (κ1) is 11.9. The Balaban J connectivity index is 2.20. The Morgan fingerprint density at radius 2 is 2.35 bits per heavy atom. The summed E-state index contributed by atoms with van der Waals surface area (Å²) in [5, 5.41) is 2.84. The van der Waals surface area contributed by atoms with Crippen molar-refractivity contribution in [2.75, 3.05) is 5.32 Å². The second kappa shape index (κ2) is 5.14. The lowest BCUT2D eigenvalue weighted by Gasteiger charge is -2.08. The van der Waals surface area contributed by atoms with Gasteiger partial charge in [-0.15, -0.1) is 0 Å². The predicted molar refractivity (Wildman–Crippen MR) is 70.0 cm³/mol. The highest BCUT2D eigenvalue weighted by atomic mass is 79.9. The Labute approximate surface area is 108 Å². The second-order valence-corrected chi connectivity index (χ2v) is 4.34. The topological polar surface area (TPSA) is 46.9 Å². The van der Waals surface area contributed by atoms with Gasteiger partial charge < -0.3 is 9.88 Å². The maximum atomic E-state index is 12.0. The summed E-state index contributed by atoms with van der Waals surface area (Å²) in [5.74, 6) is -0.122. The van der Waals surface area contributed by atoms with Gasteiger partial charge in [0.15, 0.2) is 0 Å². The molecule has 0 aliphatic carbocycles. The summed E-state index contributed by atoms with van der Waals surface area (Å²) in [7, 11) is 0. The zero-order chi connectivity index (χ0) is 12.3. The van der Waals surface area contributed by atoms with Gasteiger partial charge in [0.2, 0.25) is 0 Å². The molecule has 0 atom stereocenters. The Hall–Kier alpha value is -1.62. The first-order valence-corrected chi connectivity index (χ1v) is 6.07. The van der Waals surface area contributed by atoms with Crippen molar-refractivity contribution in [2.24, 2.45) is 0 Å². The van der Waals surface area contributed by atoms with E-state index in [2.05, 4.69) is 26.2 Å². The molecular formula is C12H12BrN3O. The van der Waals surface area contributed by atoms with Gasteiger partial charge in [0.05, 0.1) is 10.2 Å². The van der Waals surface area contributed by atoms with Gasteiger partial charge in [0, 0.05) is 25.1 Å². The van der Waals surface area contributed by atoms with Crippen LogP contribution in [0.3, 0.4) is 0 Å². The van der Waals surface area contributed by atoms with Gasteiger partial charge in [-0.3, -0.25) is 9.78 Å². The molecule has 2 aromatic heterocycles. The van der Waals surface area contributed by atoms with Crippen LogP contribution >= 0.6 is 15.9 Å². The third-order valence-corrected chi connectivity index (χ3v) is 3.06. The number of pyridine rings is 1. The molecule has 1 N–H and O–H groups in total. The second-order valence-electron chi connectivity index (χ2n) is 3.49. The van der Waals surface area contributed by atoms with Crippen LogP contribution in [-0.4, -0.2) is 15.5 Å². The maximum Gasteiger partial charge on any atom is 0.272 e. The average molecular weight is 294 g/mol. The van der Waals surface area contributed by atoms with Gasteiger partial charge in [-0.1, -0.05) is 0 Å². The van der Waals surface area contributed by atoms with E-state index in [-0.39, 0.29) is 5.91 Å². The Kier molecular flexibility index (Phi) is 3.58. The number of hydrogen-bond donors (Lipinski definition) is 1. The fourth-order valence-corrected chi connectivity index (χ4v) is 1.91. The molecule has 4 nitrogen and oxygen atoms in total. The van der Waals surface area contributed by atoms with Gasteiger partial charge in [-0.25, -0.2) is 0 Å². The number of aryl methyl sites for hydroxylation is 1. The van der Waals surface area contributed by atoms with Crippen LogP contribution in [-0.2, 0) is 6.54 Å². The number of nitrogens with zero attached hydrogens (tertiary/aromatic N) is 2. The van der Waals surface area contributed by atoms with Crippen LogP contribution in [0.15, 0.2) is 41.3 Å². The molecule has 0 fully saturated rings. The van der Waals surface area contributed by atoms with E-state index >= 15 is 0 Å². The van der Waals surface area contributed by atoms with Crippen molar-refractivity contribution in [1.29, 1.82) is 0 Å². The first-order chi connectivity index (χ1) is 8.22. The molecule has 0 bridgehead atoms. The van der Waals surface area contributed by atoms with Gasteiger partial charge in [0.1, 0.15) is 5.69 Å². The Morgan fingerprint density at radius 3 is 3.06 bits per heavy atom. The summed E-state index contributed by atoms with van der Waals surface area (Å²) in [4.78, 5) is 16.0. The number of hydrogen-bond acceptors (Lipinski definition) is 2. The summed E-state index contributed by atoms with van der Waals surface area (Å²) in [6.07, 6.45) is 5.17. The van der Waals surface area contributed by atoms with Crippen molar-refractivity contribution < 1.29 is 4.79 Å². The van der Waals surface area contributed by atoms with E-state index in [1.165, 1.54) is 0 Å². The molecule has 0 saturated carbocycles. The minimum atomic E-state index is -0.122. The quantitative estimate of drug-likeness (QED) is 0.946. The molecule has 2 rings (SSSR count). The van der Waals surface area contributed by atoms with E-state index < -0.39 is 0 Å². The van der Waals surface area contributed by atoms with E-state index in [9.17, 15) is 4.79 Å². The summed E-state index contributed by atoms with van der Waals surface area (Å²) in [5.41, 5.74) is 1.37. The zero-order valence-electron chi connectivity index (χ0n) is 9.35. The monoisotopic (exact) mass is 293 g/mol. The largest absolute Gasteiger partial charge is 0.344 e. The van der Waals surface area contributed by atoms with Crippen molar-refractivity contribution in [1.82, 2.24) is 9.55 Å². The van der Waals surface area contributed by atoms with Crippen molar-refractivity contribution in [2.45, 2.75) is 13.5 Å². The SMILES string of the molecule is CCn1cccc1C(=O)Nc1ccncc1Br. The van der Waals surface area contributed by atoms with Crippen LogP contribution in [0.2, 0.25) is 0 Å². The summed E-state index contributed by atoms with van der Waals surface area (Å²) in [6.45, 7) is 2.77. The molecule has 1 amide bonds. The first-order valence-electron chi connectivity index (χ1n) is 5.28. The maximum absolute atomic E-state index is 12.0. The lowest BCUT2D eigenvalue weighted by Crippen LogP contribution is -2.16. The van der Waals surface area contributed by atoms with Gasteiger partial charge in [-0.05, 0) is 41.1 Å². The number of amides is 1. The Bertz CT molecular complexity index is 536. The van der Waals surface area contributed by atoms with E-state index in [1.54, 1.807) is 24.5 Å². The smallest absolute Gasteiger partial charge is 0.272 e. The molecular weight excluding hydrogens is 282 g/mol. The Morgan fingerprint density at radius 1 is 1.53 bits per heavy atom. The summed E-state index contributed by atoms with van der Waals surface area (Å²) >= 11 is 3.34. The molecule has 0 aliphatic rings. The summed E-state index contributed by atoms with van der Waals surface area (Å²) in [6, 6.07) is 5.41. The predicted octanol–water partition coefficient (Wildman–Crippen LogP) is 2.92. The average Bonchev–Trinajstić information content (AvgIpc) is 2.80. The summed E-state index contributed by atoms with van der Waals surface area (Å²) < 4.78 is 2.66. The standard InChI is InChI=1S/C12H12BrN3O/c1-2-16-7-3-4-11(16)12(17)15-10-5-6-14-8-9(10)13/h3-8H,2H2,1H3,(H,14,15,17). The normalized spacial score (nSPS) is 10.2. The number of nitrogens with one attached hydrogen (secondary N) is 1. The molecule has 88 valence electrons. The molecule has 0 radical (unpaired) electrons. The van der Waals surface area contributed by atoms with Gasteiger partial charge in [-0.2, -0.15) is 0 Å². The van der Waals surface area contributed by atoms with E-state index in [0.29, 0.717) is 11.4 Å². The van der Waals surface area contributed by atoms with Gasteiger partial charge in [0.25, 0.3) is 5.91 Å². The van der Waals surface area contributed by atoms with Crippen LogP contribution < -0.4 is 5.32 Å². The number of carbonyl (C=O) groups is 1. The fourth-order valence-electron chi connectivity index (χ4n) is 1.56. The molecule has 0 aromatic carbocycles. The highest BCUT2D eigenvalue weighted by molar-refractivity contribution is 9.10. The van der Waals surface area contributed by atoms with Gasteiger partial charge >= 0.3 is 0 Å². The molecule has 5 heteroatoms. The minimum absolute atomic E-state index is 0.122. The van der Waals surface area contributed by atoms with Crippen molar-refractivity contribution in [3.8, 4) is 0 Å².